The summed E-state index contributed by atoms with van der Waals surface area (Å²) in [6.45, 7) is 4.40. The van der Waals surface area contributed by atoms with Crippen molar-refractivity contribution in [2.24, 2.45) is 0 Å². The zero-order valence-electron chi connectivity index (χ0n) is 8.98. The summed E-state index contributed by atoms with van der Waals surface area (Å²) in [6, 6.07) is 0. The zero-order chi connectivity index (χ0) is 9.26. The number of hydrogen-bond acceptors (Lipinski definition) is 0. The second-order valence-corrected chi connectivity index (χ2v) is 6.16. The summed E-state index contributed by atoms with van der Waals surface area (Å²) in [7, 11) is 0. The van der Waals surface area contributed by atoms with Crippen LogP contribution in [0.4, 0.5) is 0 Å². The first kappa shape index (κ1) is 15.3. The Bertz CT molecular complexity index is 315. The van der Waals surface area contributed by atoms with E-state index in [4.69, 9.17) is 0 Å². The van der Waals surface area contributed by atoms with Crippen molar-refractivity contribution in [2.45, 2.75) is 26.7 Å². The topological polar surface area (TPSA) is 0 Å². The van der Waals surface area contributed by atoms with Crippen LogP contribution in [0.1, 0.15) is 26.7 Å². The molecule has 0 nitrogen and oxygen atoms in total. The average molecular weight is 277 g/mol. The Morgan fingerprint density at radius 3 is 1.53 bits per heavy atom. The molecule has 0 N–H and O–H groups in total. The Balaban J connectivity index is 0.000000980. The number of halogens is 2. The minimum Gasteiger partial charge on any atom is -1.00 e. The largest absolute Gasteiger partial charge is 1.00 e. The van der Waals surface area contributed by atoms with Gasteiger partial charge in [-0.3, -0.25) is 0 Å². The predicted octanol–water partition coefficient (Wildman–Crippen LogP) is -2.46. The molecule has 0 saturated carbocycles. The molecule has 2 rings (SSSR count). The van der Waals surface area contributed by atoms with Crippen LogP contribution in [0, 0.1) is 0 Å². The molecular weight excluding hydrogens is 263 g/mol. The van der Waals surface area contributed by atoms with Crippen molar-refractivity contribution in [3.63, 3.8) is 0 Å². The first-order valence-corrected chi connectivity index (χ1v) is 6.32. The van der Waals surface area contributed by atoms with E-state index in [2.05, 4.69) is 38.2 Å². The second kappa shape index (κ2) is 6.75. The van der Waals surface area contributed by atoms with Gasteiger partial charge in [-0.1, -0.05) is 0 Å². The molecule has 0 heterocycles. The van der Waals surface area contributed by atoms with E-state index in [1.807, 2.05) is 0 Å². The maximum absolute atomic E-state index is 2.38. The van der Waals surface area contributed by atoms with Crippen LogP contribution in [0.2, 0.25) is 0 Å². The third-order valence-corrected chi connectivity index (χ3v) is 4.50. The molecule has 0 spiro atoms. The minimum atomic E-state index is 0. The fourth-order valence-electron chi connectivity index (χ4n) is 1.71. The number of hydrogen-bond donors (Lipinski definition) is 0. The van der Waals surface area contributed by atoms with Gasteiger partial charge in [-0.15, -0.1) is 0 Å². The summed E-state index contributed by atoms with van der Waals surface area (Å²) >= 11 is 0.0450. The van der Waals surface area contributed by atoms with E-state index >= 15 is 0 Å². The van der Waals surface area contributed by atoms with Crippen LogP contribution in [0.15, 0.2) is 43.2 Å². The van der Waals surface area contributed by atoms with Crippen molar-refractivity contribution in [3.8, 4) is 0 Å². The SMILES string of the molecule is CC1=CC[C]([Ti+2][C]2=CC(C)=CC2)=C1.[Cl-].[Cl-]. The normalized spacial score (nSPS) is 17.7. The van der Waals surface area contributed by atoms with Gasteiger partial charge in [0.15, 0.2) is 0 Å². The van der Waals surface area contributed by atoms with Gasteiger partial charge < -0.3 is 24.8 Å². The van der Waals surface area contributed by atoms with Crippen LogP contribution in [-0.2, 0) is 19.2 Å². The third kappa shape index (κ3) is 4.32. The zero-order valence-corrected chi connectivity index (χ0v) is 12.1. The molecule has 0 aromatic heterocycles. The summed E-state index contributed by atoms with van der Waals surface area (Å²) < 4.78 is 3.40. The Kier molecular flexibility index (Phi) is 6.87. The van der Waals surface area contributed by atoms with E-state index in [0.717, 1.165) is 0 Å². The Labute approximate surface area is 113 Å². The molecule has 0 aliphatic heterocycles. The molecule has 0 fully saturated rings. The van der Waals surface area contributed by atoms with Crippen molar-refractivity contribution in [1.29, 1.82) is 0 Å². The van der Waals surface area contributed by atoms with Gasteiger partial charge in [0.25, 0.3) is 0 Å². The van der Waals surface area contributed by atoms with E-state index in [1.54, 1.807) is 7.76 Å². The van der Waals surface area contributed by atoms with Crippen LogP contribution in [0.5, 0.6) is 0 Å². The molecule has 0 aromatic carbocycles. The van der Waals surface area contributed by atoms with Crippen molar-refractivity contribution >= 4 is 0 Å². The van der Waals surface area contributed by atoms with Gasteiger partial charge in [0.05, 0.1) is 0 Å². The standard InChI is InChI=1S/2C6H7.2ClH.Ti/c2*1-6-4-2-3-5-6;;;/h2*4-5H,2H2,1H3;2*1H;/q;;;;+2/p-2. The van der Waals surface area contributed by atoms with Crippen LogP contribution in [0.25, 0.3) is 0 Å². The minimum absolute atomic E-state index is 0. The average Bonchev–Trinajstić information content (AvgIpc) is 2.62. The first-order valence-electron chi connectivity index (χ1n) is 4.76. The van der Waals surface area contributed by atoms with Crippen LogP contribution < -0.4 is 24.8 Å². The van der Waals surface area contributed by atoms with Crippen molar-refractivity contribution < 1.29 is 44.0 Å². The Morgan fingerprint density at radius 1 is 0.867 bits per heavy atom. The maximum atomic E-state index is 2.38. The van der Waals surface area contributed by atoms with Crippen molar-refractivity contribution in [2.75, 3.05) is 0 Å². The molecule has 0 aromatic rings. The van der Waals surface area contributed by atoms with Gasteiger partial charge in [-0.25, -0.2) is 0 Å². The van der Waals surface area contributed by atoms with E-state index in [-0.39, 0.29) is 44.0 Å². The molecule has 0 atom stereocenters. The Hall–Kier alpha value is 0.254. The molecule has 0 bridgehead atoms. The summed E-state index contributed by atoms with van der Waals surface area (Å²) in [4.78, 5) is 0. The second-order valence-electron chi connectivity index (χ2n) is 3.77. The van der Waals surface area contributed by atoms with Crippen molar-refractivity contribution in [1.82, 2.24) is 0 Å². The van der Waals surface area contributed by atoms with Gasteiger partial charge in [0.1, 0.15) is 0 Å². The quantitative estimate of drug-likeness (QED) is 0.491. The maximum Gasteiger partial charge on any atom is -1.00 e. The smallest absolute Gasteiger partial charge is 1.00 e. The van der Waals surface area contributed by atoms with Gasteiger partial charge in [0, 0.05) is 0 Å². The van der Waals surface area contributed by atoms with Gasteiger partial charge in [-0.05, 0) is 0 Å². The summed E-state index contributed by atoms with van der Waals surface area (Å²) in [6.07, 6.45) is 11.9. The first-order chi connectivity index (χ1) is 6.24. The predicted molar refractivity (Wildman–Crippen MR) is 52.9 cm³/mol. The number of rotatable bonds is 2. The molecule has 3 heteroatoms. The molecule has 2 aliphatic carbocycles. The van der Waals surface area contributed by atoms with Gasteiger partial charge in [0.2, 0.25) is 0 Å². The molecular formula is C12H14Cl2Ti. The fourth-order valence-corrected chi connectivity index (χ4v) is 3.93. The van der Waals surface area contributed by atoms with Crippen LogP contribution in [-0.4, -0.2) is 0 Å². The molecule has 0 unspecified atom stereocenters. The van der Waals surface area contributed by atoms with Crippen LogP contribution >= 0.6 is 0 Å². The fraction of sp³-hybridized carbons (Fsp3) is 0.333. The molecule has 2 aliphatic rings. The van der Waals surface area contributed by atoms with Gasteiger partial charge >= 0.3 is 89.0 Å². The van der Waals surface area contributed by atoms with E-state index < -0.39 is 0 Å². The summed E-state index contributed by atoms with van der Waals surface area (Å²) in [5.41, 5.74) is 2.92. The molecule has 15 heavy (non-hydrogen) atoms. The van der Waals surface area contributed by atoms with E-state index in [1.165, 1.54) is 24.0 Å². The molecule has 0 saturated heterocycles. The number of allylic oxidation sites excluding steroid dienone is 8. The molecule has 80 valence electrons. The molecule has 0 amide bonds. The van der Waals surface area contributed by atoms with E-state index in [0.29, 0.717) is 0 Å². The Morgan fingerprint density at radius 2 is 1.27 bits per heavy atom. The molecule has 0 radical (unpaired) electrons. The monoisotopic (exact) mass is 276 g/mol. The van der Waals surface area contributed by atoms with Crippen molar-refractivity contribution in [3.05, 3.63) is 43.2 Å². The third-order valence-electron chi connectivity index (χ3n) is 2.41. The van der Waals surface area contributed by atoms with E-state index in [9.17, 15) is 0 Å². The summed E-state index contributed by atoms with van der Waals surface area (Å²) in [5.74, 6) is 0. The summed E-state index contributed by atoms with van der Waals surface area (Å²) in [5, 5.41) is 0. The van der Waals surface area contributed by atoms with Crippen LogP contribution in [0.3, 0.4) is 0 Å². The van der Waals surface area contributed by atoms with Gasteiger partial charge in [-0.2, -0.15) is 0 Å².